The largest absolute Gasteiger partial charge is 0.360 e. The highest BCUT2D eigenvalue weighted by atomic mass is 16.2. The number of piperidine rings is 1. The summed E-state index contributed by atoms with van der Waals surface area (Å²) in [7, 11) is 4.16. The van der Waals surface area contributed by atoms with Gasteiger partial charge in [-0.05, 0) is 63.2 Å². The molecule has 1 amide bonds. The minimum absolute atomic E-state index is 0.0837. The van der Waals surface area contributed by atoms with Crippen molar-refractivity contribution in [2.24, 2.45) is 11.0 Å². The monoisotopic (exact) mass is 431 g/mol. The summed E-state index contributed by atoms with van der Waals surface area (Å²) < 4.78 is 0. The molecule has 0 spiro atoms. The first-order valence-corrected chi connectivity index (χ1v) is 10.9. The van der Waals surface area contributed by atoms with Crippen molar-refractivity contribution in [2.45, 2.75) is 12.8 Å². The van der Waals surface area contributed by atoms with Crippen LogP contribution >= 0.6 is 0 Å². The molecule has 1 aliphatic rings. The van der Waals surface area contributed by atoms with Crippen LogP contribution in [0.2, 0.25) is 0 Å². The number of para-hydroxylation sites is 1. The fourth-order valence-electron chi connectivity index (χ4n) is 4.27. The van der Waals surface area contributed by atoms with Gasteiger partial charge in [-0.25, -0.2) is 5.53 Å². The molecule has 1 aromatic heterocycles. The highest BCUT2D eigenvalue weighted by Gasteiger charge is 2.24. The molecule has 2 heterocycles. The number of carbonyl (C=O) groups excluding carboxylic acids is 1. The lowest BCUT2D eigenvalue weighted by Crippen LogP contribution is -2.42. The third kappa shape index (κ3) is 4.86. The molecule has 2 aromatic carbocycles. The summed E-state index contributed by atoms with van der Waals surface area (Å²) in [6.07, 6.45) is 3.88. The van der Waals surface area contributed by atoms with E-state index in [2.05, 4.69) is 39.6 Å². The number of fused-ring (bicyclic) bond motifs is 1. The predicted octanol–water partition coefficient (Wildman–Crippen LogP) is 4.42. The van der Waals surface area contributed by atoms with E-state index in [1.807, 2.05) is 53.4 Å². The highest BCUT2D eigenvalue weighted by Crippen LogP contribution is 2.24. The number of nitrogens with zero attached hydrogens (tertiary/aromatic N) is 4. The van der Waals surface area contributed by atoms with Crippen molar-refractivity contribution in [1.29, 1.82) is 5.53 Å². The topological polar surface area (TPSA) is 100 Å². The number of aromatic nitrogens is 2. The Labute approximate surface area is 187 Å². The van der Waals surface area contributed by atoms with E-state index in [9.17, 15) is 4.79 Å². The molecule has 1 fully saturated rings. The average Bonchev–Trinajstić information content (AvgIpc) is 3.23. The number of H-pyrrole nitrogens is 1. The van der Waals surface area contributed by atoms with Gasteiger partial charge in [0.2, 0.25) is 0 Å². The van der Waals surface area contributed by atoms with E-state index >= 15 is 0 Å². The van der Waals surface area contributed by atoms with E-state index in [1.165, 1.54) is 6.42 Å². The van der Waals surface area contributed by atoms with Crippen LogP contribution in [-0.2, 0) is 0 Å². The molecule has 1 unspecified atom stereocenters. The van der Waals surface area contributed by atoms with E-state index in [0.29, 0.717) is 22.9 Å². The van der Waals surface area contributed by atoms with Crippen LogP contribution in [-0.4, -0.2) is 59.6 Å². The molecule has 3 aromatic rings. The number of rotatable bonds is 7. The number of carbonyl (C=O) groups is 1. The maximum absolute atomic E-state index is 13.0. The minimum atomic E-state index is 0.0837. The number of hydrogen-bond acceptors (Lipinski definition) is 6. The van der Waals surface area contributed by atoms with Gasteiger partial charge >= 0.3 is 0 Å². The Morgan fingerprint density at radius 2 is 2.06 bits per heavy atom. The molecule has 1 atom stereocenters. The summed E-state index contributed by atoms with van der Waals surface area (Å²) in [5, 5.41) is 15.0. The third-order valence-electron chi connectivity index (χ3n) is 5.77. The van der Waals surface area contributed by atoms with Crippen molar-refractivity contribution >= 4 is 28.2 Å². The van der Waals surface area contributed by atoms with Gasteiger partial charge in [-0.1, -0.05) is 18.2 Å². The van der Waals surface area contributed by atoms with Gasteiger partial charge in [-0.3, -0.25) is 9.89 Å². The van der Waals surface area contributed by atoms with Gasteiger partial charge < -0.3 is 15.1 Å². The van der Waals surface area contributed by atoms with Crippen LogP contribution in [0.5, 0.6) is 0 Å². The molecule has 32 heavy (non-hydrogen) atoms. The van der Waals surface area contributed by atoms with E-state index in [0.717, 1.165) is 42.6 Å². The zero-order valence-corrected chi connectivity index (χ0v) is 18.5. The lowest BCUT2D eigenvalue weighted by Gasteiger charge is -2.34. The summed E-state index contributed by atoms with van der Waals surface area (Å²) in [5.74, 6) is 0.610. The zero-order valence-electron chi connectivity index (χ0n) is 18.5. The second kappa shape index (κ2) is 9.74. The normalized spacial score (nSPS) is 17.0. The van der Waals surface area contributed by atoms with Crippen molar-refractivity contribution in [3.63, 3.8) is 0 Å². The average molecular weight is 432 g/mol. The first-order chi connectivity index (χ1) is 15.5. The molecule has 8 nitrogen and oxygen atoms in total. The van der Waals surface area contributed by atoms with Crippen LogP contribution in [0.1, 0.15) is 28.9 Å². The predicted molar refractivity (Wildman–Crippen MR) is 126 cm³/mol. The molecule has 0 radical (unpaired) electrons. The molecular weight excluding hydrogens is 402 g/mol. The van der Waals surface area contributed by atoms with Crippen molar-refractivity contribution in [2.75, 3.05) is 39.0 Å². The van der Waals surface area contributed by atoms with Gasteiger partial charge in [0.05, 0.1) is 5.52 Å². The van der Waals surface area contributed by atoms with Gasteiger partial charge in [0.25, 0.3) is 5.91 Å². The van der Waals surface area contributed by atoms with E-state index < -0.39 is 0 Å². The molecule has 166 valence electrons. The Morgan fingerprint density at radius 1 is 1.28 bits per heavy atom. The molecular formula is C24H29N7O. The maximum atomic E-state index is 13.0. The molecule has 1 aliphatic heterocycles. The van der Waals surface area contributed by atoms with Gasteiger partial charge in [0.15, 0.2) is 0 Å². The number of amides is 1. The van der Waals surface area contributed by atoms with Gasteiger partial charge in [0, 0.05) is 42.5 Å². The second-order valence-electron chi connectivity index (χ2n) is 8.50. The highest BCUT2D eigenvalue weighted by molar-refractivity contribution is 5.94. The quantitative estimate of drug-likeness (QED) is 0.482. The number of aromatic amines is 1. The Morgan fingerprint density at radius 3 is 2.81 bits per heavy atom. The molecule has 8 heteroatoms. The first-order valence-electron chi connectivity index (χ1n) is 10.9. The number of nitrogens with one attached hydrogen (secondary N) is 3. The Bertz CT molecular complexity index is 1120. The summed E-state index contributed by atoms with van der Waals surface area (Å²) in [6, 6.07) is 15.2. The van der Waals surface area contributed by atoms with Crippen LogP contribution < -0.4 is 5.32 Å². The van der Waals surface area contributed by atoms with Crippen molar-refractivity contribution in [3.8, 4) is 0 Å². The maximum Gasteiger partial charge on any atom is 0.253 e. The van der Waals surface area contributed by atoms with Gasteiger partial charge in [0.1, 0.15) is 11.4 Å². The zero-order chi connectivity index (χ0) is 22.5. The standard InChI is InChI=1S/C24H29N7O/c1-30(2)15-17-6-5-13-31(16-17)24(32)18-9-11-19(12-10-18)26-14-22(27-25)23-20-7-3-4-8-21(20)28-29-23/h3-4,7-12,14,17,25-26H,5-6,13,15-16H2,1-2H3,(H,28,29)/b22-14-,27-25?. The van der Waals surface area contributed by atoms with E-state index in [1.54, 1.807) is 6.20 Å². The lowest BCUT2D eigenvalue weighted by molar-refractivity contribution is 0.0655. The van der Waals surface area contributed by atoms with Crippen molar-refractivity contribution in [1.82, 2.24) is 20.0 Å². The molecule has 0 aliphatic carbocycles. The number of likely N-dealkylation sites (tertiary alicyclic amines) is 1. The van der Waals surface area contributed by atoms with E-state index in [-0.39, 0.29) is 5.91 Å². The summed E-state index contributed by atoms with van der Waals surface area (Å²) in [6.45, 7) is 2.64. The SMILES string of the molecule is CN(C)CC1CCCN(C(=O)c2ccc(N/C=C(\N=N)c3n[nH]c4ccccc34)cc2)C1. The van der Waals surface area contributed by atoms with Gasteiger partial charge in [-0.15, -0.1) is 0 Å². The van der Waals surface area contributed by atoms with Crippen molar-refractivity contribution < 1.29 is 4.79 Å². The van der Waals surface area contributed by atoms with Crippen molar-refractivity contribution in [3.05, 3.63) is 66.0 Å². The van der Waals surface area contributed by atoms with Crippen LogP contribution in [0.3, 0.4) is 0 Å². The second-order valence-corrected chi connectivity index (χ2v) is 8.50. The Balaban J connectivity index is 1.43. The molecule has 1 saturated heterocycles. The molecule has 0 saturated carbocycles. The lowest BCUT2D eigenvalue weighted by atomic mass is 9.97. The van der Waals surface area contributed by atoms with Gasteiger partial charge in [-0.2, -0.15) is 10.2 Å². The number of anilines is 1. The number of hydrogen-bond donors (Lipinski definition) is 3. The molecule has 4 rings (SSSR count). The fraction of sp³-hybridized carbons (Fsp3) is 0.333. The van der Waals surface area contributed by atoms with Crippen LogP contribution in [0.15, 0.2) is 59.8 Å². The minimum Gasteiger partial charge on any atom is -0.360 e. The van der Waals surface area contributed by atoms with Crippen LogP contribution in [0.4, 0.5) is 5.69 Å². The third-order valence-corrected chi connectivity index (χ3v) is 5.77. The first kappa shape index (κ1) is 21.7. The van der Waals surface area contributed by atoms with Crippen LogP contribution in [0, 0.1) is 11.4 Å². The summed E-state index contributed by atoms with van der Waals surface area (Å²) in [4.78, 5) is 17.1. The Kier molecular flexibility index (Phi) is 6.61. The van der Waals surface area contributed by atoms with Crippen LogP contribution in [0.25, 0.3) is 16.6 Å². The Hall–Kier alpha value is -3.52. The fourth-order valence-corrected chi connectivity index (χ4v) is 4.27. The molecule has 3 N–H and O–H groups in total. The summed E-state index contributed by atoms with van der Waals surface area (Å²) >= 11 is 0. The molecule has 0 bridgehead atoms. The van der Waals surface area contributed by atoms with E-state index in [4.69, 9.17) is 5.53 Å². The smallest absolute Gasteiger partial charge is 0.253 e. The number of benzene rings is 2. The summed E-state index contributed by atoms with van der Waals surface area (Å²) in [5.41, 5.74) is 11.0.